The summed E-state index contributed by atoms with van der Waals surface area (Å²) in [4.78, 5) is 13.3. The number of para-hydroxylation sites is 1. The number of carbonyl (C=O) groups is 1. The fraction of sp³-hybridized carbons (Fsp3) is 0. The van der Waals surface area contributed by atoms with Crippen LogP contribution in [0.15, 0.2) is 33.8 Å². The molecule has 14 heavy (non-hydrogen) atoms. The lowest BCUT2D eigenvalue weighted by Gasteiger charge is -1.84. The van der Waals surface area contributed by atoms with Crippen molar-refractivity contribution in [3.05, 3.63) is 40.3 Å². The Morgan fingerprint density at radius 2 is 2.21 bits per heavy atom. The predicted octanol–water partition coefficient (Wildman–Crippen LogP) is 3.19. The van der Waals surface area contributed by atoms with Gasteiger partial charge < -0.3 is 4.42 Å². The van der Waals surface area contributed by atoms with Crippen molar-refractivity contribution in [2.45, 2.75) is 0 Å². The lowest BCUT2D eigenvalue weighted by Crippen LogP contribution is -1.74. The number of azide groups is 1. The highest BCUT2D eigenvalue weighted by molar-refractivity contribution is 6.00. The molecule has 1 aromatic heterocycles. The summed E-state index contributed by atoms with van der Waals surface area (Å²) in [6.07, 6.45) is 0.621. The summed E-state index contributed by atoms with van der Waals surface area (Å²) in [5.41, 5.74) is 9.08. The van der Waals surface area contributed by atoms with E-state index in [9.17, 15) is 4.79 Å². The van der Waals surface area contributed by atoms with Crippen LogP contribution in [0.2, 0.25) is 0 Å². The normalized spacial score (nSPS) is 9.71. The Labute approximate surface area is 78.6 Å². The van der Waals surface area contributed by atoms with Crippen molar-refractivity contribution in [3.8, 4) is 0 Å². The van der Waals surface area contributed by atoms with Crippen molar-refractivity contribution >= 4 is 23.1 Å². The van der Waals surface area contributed by atoms with Gasteiger partial charge in [-0.2, -0.15) is 0 Å². The first kappa shape index (κ1) is 8.34. The Hall–Kier alpha value is -2.26. The third-order valence-corrected chi connectivity index (χ3v) is 1.87. The summed E-state index contributed by atoms with van der Waals surface area (Å²) < 4.78 is 5.18. The Balaban J connectivity index is 2.84. The Kier molecular flexibility index (Phi) is 1.93. The highest BCUT2D eigenvalue weighted by Gasteiger charge is 2.10. The first-order valence-electron chi connectivity index (χ1n) is 3.88. The molecule has 68 valence electrons. The molecule has 0 spiro atoms. The van der Waals surface area contributed by atoms with Gasteiger partial charge in [-0.1, -0.05) is 18.2 Å². The van der Waals surface area contributed by atoms with Gasteiger partial charge in [0.2, 0.25) is 5.88 Å². The van der Waals surface area contributed by atoms with Crippen LogP contribution in [0.25, 0.3) is 21.4 Å². The zero-order valence-corrected chi connectivity index (χ0v) is 7.04. The van der Waals surface area contributed by atoms with Crippen molar-refractivity contribution in [3.63, 3.8) is 0 Å². The molecule has 0 bridgehead atoms. The van der Waals surface area contributed by atoms with Gasteiger partial charge in [0.1, 0.15) is 5.58 Å². The predicted molar refractivity (Wildman–Crippen MR) is 50.4 cm³/mol. The molecule has 0 aliphatic rings. The highest BCUT2D eigenvalue weighted by Crippen LogP contribution is 2.30. The number of fused-ring (bicyclic) bond motifs is 1. The second kappa shape index (κ2) is 3.24. The Morgan fingerprint density at radius 1 is 1.43 bits per heavy atom. The molecule has 0 fully saturated rings. The minimum Gasteiger partial charge on any atom is -0.454 e. The van der Waals surface area contributed by atoms with E-state index in [2.05, 4.69) is 10.0 Å². The Morgan fingerprint density at radius 3 is 2.93 bits per heavy atom. The van der Waals surface area contributed by atoms with Crippen molar-refractivity contribution in [2.75, 3.05) is 0 Å². The highest BCUT2D eigenvalue weighted by atomic mass is 16.4. The van der Waals surface area contributed by atoms with Crippen molar-refractivity contribution < 1.29 is 9.21 Å². The van der Waals surface area contributed by atoms with E-state index in [4.69, 9.17) is 9.95 Å². The minimum absolute atomic E-state index is 0.0173. The summed E-state index contributed by atoms with van der Waals surface area (Å²) in [7, 11) is 0. The fourth-order valence-corrected chi connectivity index (χ4v) is 1.28. The molecular weight excluding hydrogens is 182 g/mol. The summed E-state index contributed by atoms with van der Waals surface area (Å²) in [5, 5.41) is 3.95. The number of aldehydes is 1. The van der Waals surface area contributed by atoms with Crippen LogP contribution in [0.5, 0.6) is 0 Å². The van der Waals surface area contributed by atoms with E-state index in [1.165, 1.54) is 0 Å². The molecule has 1 aromatic carbocycles. The zero-order valence-electron chi connectivity index (χ0n) is 7.04. The van der Waals surface area contributed by atoms with Crippen molar-refractivity contribution in [2.24, 2.45) is 5.11 Å². The first-order valence-corrected chi connectivity index (χ1v) is 3.88. The van der Waals surface area contributed by atoms with Gasteiger partial charge in [0, 0.05) is 10.3 Å². The van der Waals surface area contributed by atoms with E-state index in [1.807, 2.05) is 0 Å². The first-order chi connectivity index (χ1) is 6.86. The number of carbonyl (C=O) groups excluding carboxylic acids is 1. The Bertz CT molecular complexity index is 538. The lowest BCUT2D eigenvalue weighted by atomic mass is 10.2. The third kappa shape index (κ3) is 1.12. The largest absolute Gasteiger partial charge is 0.454 e. The number of hydrogen-bond acceptors (Lipinski definition) is 3. The maximum Gasteiger partial charge on any atom is 0.202 e. The van der Waals surface area contributed by atoms with Crippen LogP contribution in [0.3, 0.4) is 0 Å². The monoisotopic (exact) mass is 187 g/mol. The number of hydrogen-bond donors (Lipinski definition) is 0. The molecule has 0 aliphatic heterocycles. The molecule has 5 nitrogen and oxygen atoms in total. The number of nitrogens with zero attached hydrogens (tertiary/aromatic N) is 3. The minimum atomic E-state index is 0.0173. The molecule has 0 atom stereocenters. The van der Waals surface area contributed by atoms with Gasteiger partial charge in [-0.3, -0.25) is 4.79 Å². The van der Waals surface area contributed by atoms with Gasteiger partial charge in [-0.05, 0) is 16.7 Å². The third-order valence-electron chi connectivity index (χ3n) is 1.87. The summed E-state index contributed by atoms with van der Waals surface area (Å²) in [6, 6.07) is 7.00. The molecule has 2 aromatic rings. The average Bonchev–Trinajstić information content (AvgIpc) is 2.55. The molecule has 0 radical (unpaired) electrons. The van der Waals surface area contributed by atoms with Gasteiger partial charge in [-0.25, -0.2) is 0 Å². The van der Waals surface area contributed by atoms with Crippen LogP contribution in [-0.2, 0) is 0 Å². The maximum atomic E-state index is 10.7. The molecule has 0 saturated carbocycles. The van der Waals surface area contributed by atoms with E-state index in [0.29, 0.717) is 22.8 Å². The number of benzene rings is 1. The summed E-state index contributed by atoms with van der Waals surface area (Å²) in [5.74, 6) is 0.0173. The molecule has 0 N–H and O–H groups in total. The van der Waals surface area contributed by atoms with E-state index < -0.39 is 0 Å². The summed E-state index contributed by atoms with van der Waals surface area (Å²) in [6.45, 7) is 0. The standard InChI is InChI=1S/C9H5N3O2/c10-12-11-9-7(5-13)6-3-1-2-4-8(6)14-9/h1-5H. The average molecular weight is 187 g/mol. The molecule has 0 amide bonds. The van der Waals surface area contributed by atoms with Crippen LogP contribution in [0.1, 0.15) is 10.4 Å². The second-order valence-corrected chi connectivity index (χ2v) is 2.62. The van der Waals surface area contributed by atoms with E-state index in [-0.39, 0.29) is 5.88 Å². The van der Waals surface area contributed by atoms with Gasteiger partial charge in [0.25, 0.3) is 0 Å². The molecule has 1 heterocycles. The van der Waals surface area contributed by atoms with Crippen LogP contribution in [0, 0.1) is 0 Å². The van der Waals surface area contributed by atoms with E-state index in [0.717, 1.165) is 0 Å². The van der Waals surface area contributed by atoms with E-state index in [1.54, 1.807) is 24.3 Å². The van der Waals surface area contributed by atoms with Crippen LogP contribution in [-0.4, -0.2) is 6.29 Å². The van der Waals surface area contributed by atoms with Crippen LogP contribution >= 0.6 is 0 Å². The van der Waals surface area contributed by atoms with Crippen LogP contribution in [0.4, 0.5) is 5.88 Å². The van der Waals surface area contributed by atoms with Crippen molar-refractivity contribution in [1.29, 1.82) is 0 Å². The van der Waals surface area contributed by atoms with Gasteiger partial charge >= 0.3 is 0 Å². The van der Waals surface area contributed by atoms with E-state index >= 15 is 0 Å². The molecular formula is C9H5N3O2. The molecule has 0 unspecified atom stereocenters. The molecule has 0 saturated heterocycles. The molecule has 2 rings (SSSR count). The van der Waals surface area contributed by atoms with Gasteiger partial charge in [0.15, 0.2) is 6.29 Å². The van der Waals surface area contributed by atoms with Crippen molar-refractivity contribution in [1.82, 2.24) is 0 Å². The quantitative estimate of drug-likeness (QED) is 0.313. The number of furan rings is 1. The molecule has 5 heteroatoms. The topological polar surface area (TPSA) is 79.0 Å². The van der Waals surface area contributed by atoms with Gasteiger partial charge in [-0.15, -0.1) is 0 Å². The second-order valence-electron chi connectivity index (χ2n) is 2.62. The zero-order chi connectivity index (χ0) is 9.97. The fourth-order valence-electron chi connectivity index (χ4n) is 1.28. The van der Waals surface area contributed by atoms with Gasteiger partial charge in [0.05, 0.1) is 5.56 Å². The smallest absolute Gasteiger partial charge is 0.202 e. The summed E-state index contributed by atoms with van der Waals surface area (Å²) >= 11 is 0. The SMILES string of the molecule is [N-]=[N+]=Nc1oc2ccccc2c1C=O. The van der Waals surface area contributed by atoms with Crippen LogP contribution < -0.4 is 0 Å². The maximum absolute atomic E-state index is 10.7. The number of rotatable bonds is 2. The lowest BCUT2D eigenvalue weighted by molar-refractivity contribution is 0.112. The molecule has 0 aliphatic carbocycles.